The molecule has 136 valence electrons. The van der Waals surface area contributed by atoms with Gasteiger partial charge in [0.05, 0.1) is 23.5 Å². The molecule has 0 spiro atoms. The van der Waals surface area contributed by atoms with E-state index in [1.54, 1.807) is 27.9 Å². The Hall–Kier alpha value is -1.81. The van der Waals surface area contributed by atoms with E-state index in [1.165, 1.54) is 11.8 Å². The lowest BCUT2D eigenvalue weighted by molar-refractivity contribution is -0.129. The van der Waals surface area contributed by atoms with Crippen LogP contribution >= 0.6 is 11.8 Å². The Bertz CT molecular complexity index is 845. The molecule has 1 amide bonds. The fourth-order valence-electron chi connectivity index (χ4n) is 2.93. The zero-order chi connectivity index (χ0) is 18.0. The summed E-state index contributed by atoms with van der Waals surface area (Å²) in [5.41, 5.74) is 0. The zero-order valence-electron chi connectivity index (χ0n) is 14.1. The standard InChI is InChI=1S/C15H20N4O4S2/c1-3-19(11-6-8-25(21,22)10-11)13(20)9-24-15-17-16-14(18(15)2)12-5-4-7-23-12/h4-5,7,11H,3,6,8-10H2,1-2H3. The Morgan fingerprint density at radius 1 is 1.48 bits per heavy atom. The molecule has 1 atom stereocenters. The van der Waals surface area contributed by atoms with Gasteiger partial charge in [0.25, 0.3) is 0 Å². The van der Waals surface area contributed by atoms with Gasteiger partial charge in [0.2, 0.25) is 5.91 Å². The van der Waals surface area contributed by atoms with Crippen LogP contribution in [0.2, 0.25) is 0 Å². The maximum absolute atomic E-state index is 12.5. The van der Waals surface area contributed by atoms with Crippen molar-refractivity contribution in [3.05, 3.63) is 18.4 Å². The maximum Gasteiger partial charge on any atom is 0.233 e. The van der Waals surface area contributed by atoms with Gasteiger partial charge in [-0.15, -0.1) is 10.2 Å². The predicted molar refractivity (Wildman–Crippen MR) is 93.9 cm³/mol. The van der Waals surface area contributed by atoms with Gasteiger partial charge in [-0.05, 0) is 25.5 Å². The van der Waals surface area contributed by atoms with E-state index in [0.717, 1.165) is 0 Å². The lowest BCUT2D eigenvalue weighted by atomic mass is 10.2. The molecule has 25 heavy (non-hydrogen) atoms. The summed E-state index contributed by atoms with van der Waals surface area (Å²) in [7, 11) is -1.21. The Labute approximate surface area is 150 Å². The Kier molecular flexibility index (Phi) is 5.19. The number of carbonyl (C=O) groups is 1. The molecule has 2 aromatic heterocycles. The van der Waals surface area contributed by atoms with Gasteiger partial charge < -0.3 is 13.9 Å². The molecule has 8 nitrogen and oxygen atoms in total. The van der Waals surface area contributed by atoms with Crippen LogP contribution in [0.15, 0.2) is 28.0 Å². The van der Waals surface area contributed by atoms with Crippen molar-refractivity contribution >= 4 is 27.5 Å². The number of hydrogen-bond donors (Lipinski definition) is 0. The summed E-state index contributed by atoms with van der Waals surface area (Å²) >= 11 is 1.28. The zero-order valence-corrected chi connectivity index (χ0v) is 15.7. The summed E-state index contributed by atoms with van der Waals surface area (Å²) in [4.78, 5) is 14.2. The Morgan fingerprint density at radius 2 is 2.28 bits per heavy atom. The highest BCUT2D eigenvalue weighted by atomic mass is 32.2. The monoisotopic (exact) mass is 384 g/mol. The van der Waals surface area contributed by atoms with Crippen LogP contribution < -0.4 is 0 Å². The van der Waals surface area contributed by atoms with E-state index in [0.29, 0.717) is 29.7 Å². The third-order valence-electron chi connectivity index (χ3n) is 4.21. The second kappa shape index (κ2) is 7.20. The van der Waals surface area contributed by atoms with Gasteiger partial charge in [-0.25, -0.2) is 8.42 Å². The number of amides is 1. The first kappa shape index (κ1) is 18.0. The molecular formula is C15H20N4O4S2. The van der Waals surface area contributed by atoms with E-state index in [9.17, 15) is 13.2 Å². The van der Waals surface area contributed by atoms with E-state index in [2.05, 4.69) is 10.2 Å². The summed E-state index contributed by atoms with van der Waals surface area (Å²) in [5.74, 6) is 1.52. The van der Waals surface area contributed by atoms with Crippen LogP contribution in [0.3, 0.4) is 0 Å². The van der Waals surface area contributed by atoms with Crippen molar-refractivity contribution in [1.82, 2.24) is 19.7 Å². The third-order valence-corrected chi connectivity index (χ3v) is 6.97. The van der Waals surface area contributed by atoms with Crippen LogP contribution in [0.4, 0.5) is 0 Å². The molecule has 0 aliphatic carbocycles. The van der Waals surface area contributed by atoms with Crippen LogP contribution in [0.1, 0.15) is 13.3 Å². The molecule has 1 fully saturated rings. The smallest absolute Gasteiger partial charge is 0.233 e. The number of thioether (sulfide) groups is 1. The number of aromatic nitrogens is 3. The predicted octanol–water partition coefficient (Wildman–Crippen LogP) is 1.20. The van der Waals surface area contributed by atoms with Crippen LogP contribution in [0, 0.1) is 0 Å². The molecule has 0 radical (unpaired) electrons. The van der Waals surface area contributed by atoms with Crippen molar-refractivity contribution in [3.63, 3.8) is 0 Å². The molecule has 3 heterocycles. The van der Waals surface area contributed by atoms with Crippen LogP contribution in [0.5, 0.6) is 0 Å². The number of carbonyl (C=O) groups excluding carboxylic acids is 1. The minimum absolute atomic E-state index is 0.0594. The first-order valence-electron chi connectivity index (χ1n) is 7.97. The van der Waals surface area contributed by atoms with Crippen LogP contribution in [0.25, 0.3) is 11.6 Å². The van der Waals surface area contributed by atoms with E-state index >= 15 is 0 Å². The topological polar surface area (TPSA) is 98.3 Å². The second-order valence-corrected chi connectivity index (χ2v) is 9.04. The molecule has 0 saturated carbocycles. The number of rotatable bonds is 6. The number of nitrogens with zero attached hydrogens (tertiary/aromatic N) is 4. The molecule has 0 bridgehead atoms. The molecule has 2 aromatic rings. The number of hydrogen-bond acceptors (Lipinski definition) is 7. The molecule has 1 aliphatic rings. The molecule has 0 aromatic carbocycles. The van der Waals surface area contributed by atoms with E-state index in [1.807, 2.05) is 14.0 Å². The van der Waals surface area contributed by atoms with Gasteiger partial charge in [0.1, 0.15) is 0 Å². The quantitative estimate of drug-likeness (QED) is 0.690. The molecule has 0 N–H and O–H groups in total. The van der Waals surface area contributed by atoms with E-state index in [4.69, 9.17) is 4.42 Å². The normalized spacial score (nSPS) is 19.2. The van der Waals surface area contributed by atoms with Crippen molar-refractivity contribution in [2.24, 2.45) is 7.05 Å². The van der Waals surface area contributed by atoms with Gasteiger partial charge in [-0.3, -0.25) is 4.79 Å². The summed E-state index contributed by atoms with van der Waals surface area (Å²) in [6.45, 7) is 2.36. The largest absolute Gasteiger partial charge is 0.461 e. The van der Waals surface area contributed by atoms with Gasteiger partial charge in [0, 0.05) is 19.6 Å². The van der Waals surface area contributed by atoms with E-state index in [-0.39, 0.29) is 29.2 Å². The molecular weight excluding hydrogens is 364 g/mol. The molecule has 1 unspecified atom stereocenters. The summed E-state index contributed by atoms with van der Waals surface area (Å²) < 4.78 is 30.4. The minimum atomic E-state index is -3.02. The van der Waals surface area contributed by atoms with Crippen molar-refractivity contribution < 1.29 is 17.6 Å². The average molecular weight is 384 g/mol. The second-order valence-electron chi connectivity index (χ2n) is 5.87. The van der Waals surface area contributed by atoms with Gasteiger partial charge in [-0.1, -0.05) is 11.8 Å². The number of sulfone groups is 1. The first-order valence-corrected chi connectivity index (χ1v) is 10.8. The highest BCUT2D eigenvalue weighted by Crippen LogP contribution is 2.24. The summed E-state index contributed by atoms with van der Waals surface area (Å²) in [6.07, 6.45) is 2.08. The molecule has 1 saturated heterocycles. The minimum Gasteiger partial charge on any atom is -0.461 e. The highest BCUT2D eigenvalue weighted by molar-refractivity contribution is 7.99. The van der Waals surface area contributed by atoms with Crippen molar-refractivity contribution in [2.75, 3.05) is 23.8 Å². The fraction of sp³-hybridized carbons (Fsp3) is 0.533. The van der Waals surface area contributed by atoms with Crippen molar-refractivity contribution in [1.29, 1.82) is 0 Å². The van der Waals surface area contributed by atoms with Gasteiger partial charge in [0.15, 0.2) is 26.6 Å². The third kappa shape index (κ3) is 3.90. The Balaban J connectivity index is 1.64. The van der Waals surface area contributed by atoms with Crippen LogP contribution in [-0.4, -0.2) is 63.8 Å². The lowest BCUT2D eigenvalue weighted by Gasteiger charge is -2.26. The Morgan fingerprint density at radius 3 is 2.88 bits per heavy atom. The maximum atomic E-state index is 12.5. The highest BCUT2D eigenvalue weighted by Gasteiger charge is 2.33. The van der Waals surface area contributed by atoms with Crippen molar-refractivity contribution in [3.8, 4) is 11.6 Å². The SMILES string of the molecule is CCN(C(=O)CSc1nnc(-c2ccco2)n1C)C1CCS(=O)(=O)C1. The molecule has 10 heteroatoms. The molecule has 1 aliphatic heterocycles. The fourth-order valence-corrected chi connectivity index (χ4v) is 5.46. The lowest BCUT2D eigenvalue weighted by Crippen LogP contribution is -2.42. The van der Waals surface area contributed by atoms with E-state index < -0.39 is 9.84 Å². The van der Waals surface area contributed by atoms with Crippen LogP contribution in [-0.2, 0) is 21.7 Å². The van der Waals surface area contributed by atoms with Gasteiger partial charge >= 0.3 is 0 Å². The first-order chi connectivity index (χ1) is 11.9. The summed E-state index contributed by atoms with van der Waals surface area (Å²) in [6, 6.07) is 3.35. The van der Waals surface area contributed by atoms with Crippen molar-refractivity contribution in [2.45, 2.75) is 24.5 Å². The molecule has 3 rings (SSSR count). The van der Waals surface area contributed by atoms with Gasteiger partial charge in [-0.2, -0.15) is 0 Å². The average Bonchev–Trinajstić information content (AvgIpc) is 3.27. The summed E-state index contributed by atoms with van der Waals surface area (Å²) in [5, 5.41) is 8.80. The number of furan rings is 1.